The average Bonchev–Trinajstić information content (AvgIpc) is 3.08. The second-order valence-electron chi connectivity index (χ2n) is 9.37. The van der Waals surface area contributed by atoms with Gasteiger partial charge in [-0.05, 0) is 46.8 Å². The number of benzene rings is 1. The third-order valence-electron chi connectivity index (χ3n) is 5.71. The van der Waals surface area contributed by atoms with Crippen molar-refractivity contribution < 1.29 is 41.8 Å². The highest BCUT2D eigenvalue weighted by molar-refractivity contribution is 7.70. The number of aromatic amines is 1. The van der Waals surface area contributed by atoms with Gasteiger partial charge in [-0.15, -0.1) is 0 Å². The molecule has 7 atom stereocenters. The number of nitrogens with zero attached hydrogens (tertiary/aromatic N) is 2. The highest BCUT2D eigenvalue weighted by atomic mass is 31.2. The molecule has 0 spiro atoms. The van der Waals surface area contributed by atoms with Crippen molar-refractivity contribution in [1.29, 1.82) is 0 Å². The molecule has 1 aliphatic heterocycles. The Morgan fingerprint density at radius 1 is 1.26 bits per heavy atom. The lowest BCUT2D eigenvalue weighted by Crippen LogP contribution is -2.45. The Hall–Kier alpha value is -3.19. The molecule has 1 fully saturated rings. The fourth-order valence-electron chi connectivity index (χ4n) is 3.73. The van der Waals surface area contributed by atoms with E-state index in [0.29, 0.717) is 10.8 Å². The number of halogens is 2. The normalized spacial score (nSPS) is 26.3. The molecule has 0 saturated carbocycles. The standard InChI is InChI=1S/C24H30F2N3O9P/c1-13(2)35-21(32)14(3)27-12-39(34,38-16-9-7-6-8-10-16)37-15(4)18-19(30)24(5,26)22(36-18)29-11-17(25)20(31)28-23(29)33/h6-15,18-19,22,30H,1-5H3,(H,28,31,33)/b27-12+/t14-,15+,18+,19-,22+,24?,39?/m0/s1. The molecule has 2 unspecified atom stereocenters. The number of aliphatic hydroxyl groups excluding tert-OH is 1. The van der Waals surface area contributed by atoms with Gasteiger partial charge in [-0.3, -0.25) is 23.9 Å². The summed E-state index contributed by atoms with van der Waals surface area (Å²) in [4.78, 5) is 41.4. The maximum atomic E-state index is 15.6. The number of nitrogens with one attached hydrogen (secondary N) is 1. The number of rotatable bonds is 10. The number of hydrogen-bond donors (Lipinski definition) is 2. The van der Waals surface area contributed by atoms with Crippen LogP contribution in [0.4, 0.5) is 8.78 Å². The molecule has 214 valence electrons. The van der Waals surface area contributed by atoms with Crippen LogP contribution >= 0.6 is 7.60 Å². The van der Waals surface area contributed by atoms with E-state index in [1.54, 1.807) is 37.0 Å². The molecule has 3 rings (SSSR count). The van der Waals surface area contributed by atoms with E-state index in [4.69, 9.17) is 18.5 Å². The Bertz CT molecular complexity index is 1360. The van der Waals surface area contributed by atoms with Crippen molar-refractivity contribution in [3.63, 3.8) is 0 Å². The van der Waals surface area contributed by atoms with Gasteiger partial charge in [0.05, 0.1) is 18.4 Å². The SMILES string of the molecule is CC(C)OC(=O)[C@H](C)/N=C/P(=O)(Oc1ccccc1)O[C@H](C)[C@H]1O[C@@H](n2cc(F)c(=O)[nH]c2=O)C(C)(F)[C@H]1O. The molecule has 2 aromatic rings. The number of H-pyrrole nitrogens is 1. The number of carbonyl (C=O) groups is 1. The molecule has 12 nitrogen and oxygen atoms in total. The summed E-state index contributed by atoms with van der Waals surface area (Å²) in [5.41, 5.74) is -5.16. The molecular formula is C24H30F2N3O9P. The number of ether oxygens (including phenoxy) is 2. The fraction of sp³-hybridized carbons (Fsp3) is 0.500. The second-order valence-corrected chi connectivity index (χ2v) is 11.1. The van der Waals surface area contributed by atoms with Crippen LogP contribution in [0.15, 0.2) is 51.1 Å². The molecule has 1 saturated heterocycles. The zero-order chi connectivity index (χ0) is 29.1. The highest BCUT2D eigenvalue weighted by Gasteiger charge is 2.57. The Morgan fingerprint density at radius 2 is 1.90 bits per heavy atom. The lowest BCUT2D eigenvalue weighted by atomic mass is 9.96. The van der Waals surface area contributed by atoms with Gasteiger partial charge in [0.25, 0.3) is 5.56 Å². The molecule has 1 aromatic carbocycles. The van der Waals surface area contributed by atoms with E-state index in [9.17, 15) is 28.4 Å². The van der Waals surface area contributed by atoms with Crippen molar-refractivity contribution in [3.05, 3.63) is 63.2 Å². The number of carbonyl (C=O) groups excluding carboxylic acids is 1. The number of aromatic nitrogens is 2. The molecule has 0 bridgehead atoms. The monoisotopic (exact) mass is 573 g/mol. The topological polar surface area (TPSA) is 159 Å². The maximum absolute atomic E-state index is 15.6. The number of hydrogen-bond acceptors (Lipinski definition) is 10. The van der Waals surface area contributed by atoms with Crippen LogP contribution < -0.4 is 15.8 Å². The first-order valence-corrected chi connectivity index (χ1v) is 13.6. The molecule has 15 heteroatoms. The quantitative estimate of drug-likeness (QED) is 0.248. The first-order valence-electron chi connectivity index (χ1n) is 12.0. The van der Waals surface area contributed by atoms with E-state index < -0.39 is 73.0 Å². The summed E-state index contributed by atoms with van der Waals surface area (Å²) in [6.07, 6.45) is -6.69. The van der Waals surface area contributed by atoms with Gasteiger partial charge < -0.3 is 19.1 Å². The van der Waals surface area contributed by atoms with Crippen LogP contribution in [0.1, 0.15) is 40.8 Å². The summed E-state index contributed by atoms with van der Waals surface area (Å²) in [6.45, 7) is 6.91. The molecule has 39 heavy (non-hydrogen) atoms. The predicted molar refractivity (Wildman–Crippen MR) is 135 cm³/mol. The zero-order valence-electron chi connectivity index (χ0n) is 21.8. The van der Waals surface area contributed by atoms with Crippen molar-refractivity contribution in [2.75, 3.05) is 0 Å². The van der Waals surface area contributed by atoms with Crippen LogP contribution in [0.5, 0.6) is 5.75 Å². The molecule has 0 radical (unpaired) electrons. The molecule has 1 aromatic heterocycles. The van der Waals surface area contributed by atoms with Crippen LogP contribution in [0.2, 0.25) is 0 Å². The third kappa shape index (κ3) is 7.07. The van der Waals surface area contributed by atoms with Gasteiger partial charge in [-0.1, -0.05) is 18.2 Å². The number of aliphatic hydroxyl groups is 1. The van der Waals surface area contributed by atoms with Crippen LogP contribution in [-0.4, -0.2) is 62.7 Å². The first kappa shape index (κ1) is 30.4. The van der Waals surface area contributed by atoms with Gasteiger partial charge in [0, 0.05) is 0 Å². The molecule has 0 amide bonds. The van der Waals surface area contributed by atoms with E-state index >= 15 is 4.39 Å². The van der Waals surface area contributed by atoms with Gasteiger partial charge in [0.1, 0.15) is 30.0 Å². The van der Waals surface area contributed by atoms with Crippen LogP contribution in [0.3, 0.4) is 0 Å². The summed E-state index contributed by atoms with van der Waals surface area (Å²) in [5, 5.41) is 10.7. The van der Waals surface area contributed by atoms with E-state index in [0.717, 1.165) is 12.9 Å². The lowest BCUT2D eigenvalue weighted by molar-refractivity contribution is -0.148. The van der Waals surface area contributed by atoms with Crippen molar-refractivity contribution >= 4 is 19.5 Å². The minimum atomic E-state index is -4.35. The van der Waals surface area contributed by atoms with E-state index in [1.807, 2.05) is 0 Å². The number of para-hydroxylation sites is 1. The Balaban J connectivity index is 1.89. The zero-order valence-corrected chi connectivity index (χ0v) is 22.7. The van der Waals surface area contributed by atoms with Crippen LogP contribution in [0.25, 0.3) is 0 Å². The number of esters is 1. The molecule has 0 aliphatic carbocycles. The molecule has 2 heterocycles. The smallest absolute Gasteiger partial charge is 0.421 e. The molecular weight excluding hydrogens is 543 g/mol. The van der Waals surface area contributed by atoms with Crippen molar-refractivity contribution in [3.8, 4) is 5.75 Å². The fourth-order valence-corrected chi connectivity index (χ4v) is 5.24. The largest absolute Gasteiger partial charge is 0.461 e. The Morgan fingerprint density at radius 3 is 2.51 bits per heavy atom. The summed E-state index contributed by atoms with van der Waals surface area (Å²) in [7, 11) is -4.35. The van der Waals surface area contributed by atoms with Gasteiger partial charge in [-0.2, -0.15) is 4.39 Å². The lowest BCUT2D eigenvalue weighted by Gasteiger charge is -2.26. The van der Waals surface area contributed by atoms with Crippen molar-refractivity contribution in [1.82, 2.24) is 9.55 Å². The Labute approximate surface area is 222 Å². The van der Waals surface area contributed by atoms with Gasteiger partial charge >= 0.3 is 19.3 Å². The van der Waals surface area contributed by atoms with Crippen LogP contribution in [0, 0.1) is 5.82 Å². The molecule has 2 N–H and O–H groups in total. The first-order chi connectivity index (χ1) is 18.1. The van der Waals surface area contributed by atoms with Gasteiger partial charge in [0.15, 0.2) is 11.9 Å². The Kier molecular flexibility index (Phi) is 9.27. The number of alkyl halides is 1. The minimum absolute atomic E-state index is 0.119. The van der Waals surface area contributed by atoms with Crippen molar-refractivity contribution in [2.24, 2.45) is 4.99 Å². The van der Waals surface area contributed by atoms with Crippen molar-refractivity contribution in [2.45, 2.75) is 77.0 Å². The van der Waals surface area contributed by atoms with E-state index in [-0.39, 0.29) is 5.75 Å². The highest BCUT2D eigenvalue weighted by Crippen LogP contribution is 2.50. The summed E-state index contributed by atoms with van der Waals surface area (Å²) >= 11 is 0. The maximum Gasteiger partial charge on any atom is 0.421 e. The number of aliphatic imine (C=N–C) groups is 1. The van der Waals surface area contributed by atoms with Gasteiger partial charge in [-0.25, -0.2) is 18.5 Å². The average molecular weight is 573 g/mol. The molecule has 1 aliphatic rings. The van der Waals surface area contributed by atoms with E-state index in [1.165, 1.54) is 26.0 Å². The second kappa shape index (κ2) is 11.9. The predicted octanol–water partition coefficient (Wildman–Crippen LogP) is 2.71. The minimum Gasteiger partial charge on any atom is -0.461 e. The summed E-state index contributed by atoms with van der Waals surface area (Å²) in [6, 6.07) is 6.79. The van der Waals surface area contributed by atoms with E-state index in [2.05, 4.69) is 4.99 Å². The third-order valence-corrected chi connectivity index (χ3v) is 7.22. The summed E-state index contributed by atoms with van der Waals surface area (Å²) in [5.74, 6) is -1.14. The van der Waals surface area contributed by atoms with Crippen LogP contribution in [-0.2, 0) is 23.4 Å². The summed E-state index contributed by atoms with van der Waals surface area (Å²) < 4.78 is 65.5. The van der Waals surface area contributed by atoms with Gasteiger partial charge in [0.2, 0.25) is 5.82 Å².